The molecule has 1 atom stereocenters. The third-order valence-electron chi connectivity index (χ3n) is 1.82. The minimum absolute atomic E-state index is 0.353. The fourth-order valence-electron chi connectivity index (χ4n) is 1.07. The molecule has 74 valence electrons. The van der Waals surface area contributed by atoms with Gasteiger partial charge in [0.1, 0.15) is 4.34 Å². The van der Waals surface area contributed by atoms with Crippen molar-refractivity contribution < 1.29 is 5.11 Å². The van der Waals surface area contributed by atoms with Gasteiger partial charge in [0.25, 0.3) is 0 Å². The summed E-state index contributed by atoms with van der Waals surface area (Å²) in [5, 5.41) is 9.72. The maximum atomic E-state index is 9.72. The molecule has 0 aromatic carbocycles. The summed E-state index contributed by atoms with van der Waals surface area (Å²) >= 11 is 10.6. The number of rotatable bonds is 4. The molecule has 1 unspecified atom stereocenters. The summed E-state index contributed by atoms with van der Waals surface area (Å²) in [5.41, 5.74) is 0. The van der Waals surface area contributed by atoms with Crippen LogP contribution in [0.3, 0.4) is 0 Å². The third-order valence-corrected chi connectivity index (χ3v) is 4.40. The molecule has 0 aliphatic carbocycles. The highest BCUT2D eigenvalue weighted by Crippen LogP contribution is 2.36. The molecule has 1 rings (SSSR count). The summed E-state index contributed by atoms with van der Waals surface area (Å²) in [6.45, 7) is 2.12. The Hall–Kier alpha value is 0.430. The summed E-state index contributed by atoms with van der Waals surface area (Å²) in [7, 11) is 0. The largest absolute Gasteiger partial charge is 0.388 e. The Morgan fingerprint density at radius 3 is 2.85 bits per heavy atom. The van der Waals surface area contributed by atoms with Crippen molar-refractivity contribution in [3.8, 4) is 0 Å². The van der Waals surface area contributed by atoms with Gasteiger partial charge in [0.15, 0.2) is 0 Å². The van der Waals surface area contributed by atoms with Crippen molar-refractivity contribution in [1.29, 1.82) is 0 Å². The molecule has 13 heavy (non-hydrogen) atoms. The van der Waals surface area contributed by atoms with Gasteiger partial charge in [0.05, 0.1) is 6.10 Å². The molecule has 0 fully saturated rings. The molecule has 0 spiro atoms. The van der Waals surface area contributed by atoms with Gasteiger partial charge in [-0.2, -0.15) is 0 Å². The Labute approximate surface area is 95.9 Å². The first-order valence-electron chi connectivity index (χ1n) is 4.28. The predicted molar refractivity (Wildman–Crippen MR) is 61.5 cm³/mol. The van der Waals surface area contributed by atoms with Crippen molar-refractivity contribution >= 4 is 38.9 Å². The number of halogens is 2. The van der Waals surface area contributed by atoms with E-state index in [-0.39, 0.29) is 6.10 Å². The highest BCUT2D eigenvalue weighted by Gasteiger charge is 2.12. The second-order valence-electron chi connectivity index (χ2n) is 2.93. The van der Waals surface area contributed by atoms with Gasteiger partial charge in [-0.05, 0) is 28.4 Å². The van der Waals surface area contributed by atoms with Crippen molar-refractivity contribution in [2.45, 2.75) is 32.3 Å². The van der Waals surface area contributed by atoms with Gasteiger partial charge in [-0.15, -0.1) is 11.3 Å². The van der Waals surface area contributed by atoms with Crippen LogP contribution in [-0.2, 0) is 0 Å². The van der Waals surface area contributed by atoms with Crippen molar-refractivity contribution in [1.82, 2.24) is 0 Å². The zero-order valence-electron chi connectivity index (χ0n) is 7.39. The number of hydrogen-bond acceptors (Lipinski definition) is 2. The lowest BCUT2D eigenvalue weighted by atomic mass is 10.1. The summed E-state index contributed by atoms with van der Waals surface area (Å²) in [5.74, 6) is 0. The fraction of sp³-hybridized carbons (Fsp3) is 0.556. The van der Waals surface area contributed by atoms with Gasteiger partial charge in [0.2, 0.25) is 0 Å². The van der Waals surface area contributed by atoms with E-state index in [0.29, 0.717) is 4.34 Å². The molecule has 1 aromatic rings. The standard InChI is InChI=1S/C9H12BrClOS/c1-2-3-4-7(12)8-5-6(10)9(11)13-8/h5,7,12H,2-4H2,1H3. The summed E-state index contributed by atoms with van der Waals surface area (Å²) in [4.78, 5) is 0.949. The van der Waals surface area contributed by atoms with Crippen LogP contribution in [0.2, 0.25) is 4.34 Å². The van der Waals surface area contributed by atoms with Crippen LogP contribution in [0.15, 0.2) is 10.5 Å². The molecule has 0 aliphatic rings. The first-order valence-corrected chi connectivity index (χ1v) is 6.26. The second-order valence-corrected chi connectivity index (χ2v) is 5.47. The van der Waals surface area contributed by atoms with Crippen LogP contribution in [0.25, 0.3) is 0 Å². The van der Waals surface area contributed by atoms with Crippen LogP contribution < -0.4 is 0 Å². The SMILES string of the molecule is CCCCC(O)c1cc(Br)c(Cl)s1. The number of hydrogen-bond donors (Lipinski definition) is 1. The van der Waals surface area contributed by atoms with Crippen LogP contribution >= 0.6 is 38.9 Å². The molecule has 0 saturated heterocycles. The van der Waals surface area contributed by atoms with E-state index in [2.05, 4.69) is 22.9 Å². The van der Waals surface area contributed by atoms with E-state index in [1.807, 2.05) is 6.07 Å². The minimum atomic E-state index is -0.353. The fourth-order valence-corrected chi connectivity index (χ4v) is 2.82. The van der Waals surface area contributed by atoms with E-state index in [1.165, 1.54) is 11.3 Å². The van der Waals surface area contributed by atoms with E-state index >= 15 is 0 Å². The molecule has 0 aliphatic heterocycles. The van der Waals surface area contributed by atoms with E-state index < -0.39 is 0 Å². The molecule has 0 radical (unpaired) electrons. The van der Waals surface area contributed by atoms with Crippen LogP contribution in [0.1, 0.15) is 37.2 Å². The van der Waals surface area contributed by atoms with Gasteiger partial charge >= 0.3 is 0 Å². The quantitative estimate of drug-likeness (QED) is 0.869. The summed E-state index contributed by atoms with van der Waals surface area (Å²) in [6.07, 6.45) is 2.62. The second kappa shape index (κ2) is 5.35. The van der Waals surface area contributed by atoms with Crippen molar-refractivity contribution in [2.75, 3.05) is 0 Å². The zero-order valence-corrected chi connectivity index (χ0v) is 10.5. The minimum Gasteiger partial charge on any atom is -0.388 e. The van der Waals surface area contributed by atoms with E-state index in [4.69, 9.17) is 11.6 Å². The molecule has 1 nitrogen and oxygen atoms in total. The van der Waals surface area contributed by atoms with E-state index in [9.17, 15) is 5.11 Å². The summed E-state index contributed by atoms with van der Waals surface area (Å²) < 4.78 is 1.59. The molecular formula is C9H12BrClOS. The summed E-state index contributed by atoms with van der Waals surface area (Å²) in [6, 6.07) is 1.90. The topological polar surface area (TPSA) is 20.2 Å². The lowest BCUT2D eigenvalue weighted by Crippen LogP contribution is -1.93. The third kappa shape index (κ3) is 3.24. The number of unbranched alkanes of at least 4 members (excludes halogenated alkanes) is 1. The Morgan fingerprint density at radius 1 is 1.69 bits per heavy atom. The maximum Gasteiger partial charge on any atom is 0.107 e. The molecule has 0 bridgehead atoms. The van der Waals surface area contributed by atoms with E-state index in [0.717, 1.165) is 28.6 Å². The number of aliphatic hydroxyl groups is 1. The molecule has 1 heterocycles. The number of aliphatic hydroxyl groups excluding tert-OH is 1. The molecular weight excluding hydrogens is 272 g/mol. The van der Waals surface area contributed by atoms with Gasteiger partial charge in [-0.3, -0.25) is 0 Å². The Kier molecular flexibility index (Phi) is 4.73. The maximum absolute atomic E-state index is 9.72. The molecule has 0 amide bonds. The Bertz CT molecular complexity index is 255. The van der Waals surface area contributed by atoms with E-state index in [1.54, 1.807) is 0 Å². The Balaban J connectivity index is 2.60. The zero-order chi connectivity index (χ0) is 9.84. The first-order chi connectivity index (χ1) is 6.15. The first kappa shape index (κ1) is 11.5. The van der Waals surface area contributed by atoms with Gasteiger partial charge in [-0.1, -0.05) is 31.4 Å². The smallest absolute Gasteiger partial charge is 0.107 e. The average molecular weight is 284 g/mol. The van der Waals surface area contributed by atoms with Crippen LogP contribution in [0.5, 0.6) is 0 Å². The average Bonchev–Trinajstić information content (AvgIpc) is 2.43. The van der Waals surface area contributed by atoms with Crippen molar-refractivity contribution in [3.05, 3.63) is 19.8 Å². The van der Waals surface area contributed by atoms with Crippen molar-refractivity contribution in [2.24, 2.45) is 0 Å². The van der Waals surface area contributed by atoms with Crippen LogP contribution in [0.4, 0.5) is 0 Å². The lowest BCUT2D eigenvalue weighted by Gasteiger charge is -2.05. The normalized spacial score (nSPS) is 13.2. The molecule has 4 heteroatoms. The molecule has 0 saturated carbocycles. The molecule has 1 N–H and O–H groups in total. The van der Waals surface area contributed by atoms with Gasteiger partial charge in [-0.25, -0.2) is 0 Å². The van der Waals surface area contributed by atoms with Crippen LogP contribution in [0, 0.1) is 0 Å². The lowest BCUT2D eigenvalue weighted by molar-refractivity contribution is 0.168. The number of thiophene rings is 1. The Morgan fingerprint density at radius 2 is 2.38 bits per heavy atom. The van der Waals surface area contributed by atoms with Gasteiger partial charge in [0, 0.05) is 9.35 Å². The highest BCUT2D eigenvalue weighted by molar-refractivity contribution is 9.10. The highest BCUT2D eigenvalue weighted by atomic mass is 79.9. The van der Waals surface area contributed by atoms with Crippen LogP contribution in [-0.4, -0.2) is 5.11 Å². The van der Waals surface area contributed by atoms with Crippen molar-refractivity contribution in [3.63, 3.8) is 0 Å². The monoisotopic (exact) mass is 282 g/mol. The van der Waals surface area contributed by atoms with Gasteiger partial charge < -0.3 is 5.11 Å². The predicted octanol–water partition coefficient (Wildman–Crippen LogP) is 4.39. The molecule has 1 aromatic heterocycles.